The van der Waals surface area contributed by atoms with E-state index < -0.39 is 0 Å². The number of halogens is 1. The molecule has 2 unspecified atom stereocenters. The number of imidazole rings is 1. The molecule has 1 aliphatic heterocycles. The molecule has 0 saturated carbocycles. The predicted molar refractivity (Wildman–Crippen MR) is 85.0 cm³/mol. The third-order valence-corrected chi connectivity index (χ3v) is 4.53. The molecule has 20 heavy (non-hydrogen) atoms. The number of hydrogen-bond acceptors (Lipinski definition) is 3. The van der Waals surface area contributed by atoms with Crippen molar-refractivity contribution >= 4 is 21.6 Å². The maximum atomic E-state index is 4.57. The number of aromatic nitrogens is 2. The summed E-state index contributed by atoms with van der Waals surface area (Å²) in [6.45, 7) is 9.72. The Hall–Kier alpha value is -0.910. The minimum Gasteiger partial charge on any atom is -0.311 e. The monoisotopic (exact) mass is 336 g/mol. The molecule has 0 spiro atoms. The number of fused-ring (bicyclic) bond motifs is 1. The van der Waals surface area contributed by atoms with Gasteiger partial charge in [-0.2, -0.15) is 0 Å². The Balaban J connectivity index is 1.91. The van der Waals surface area contributed by atoms with E-state index >= 15 is 0 Å². The van der Waals surface area contributed by atoms with Gasteiger partial charge in [-0.05, 0) is 48.3 Å². The quantitative estimate of drug-likeness (QED) is 0.914. The van der Waals surface area contributed by atoms with Gasteiger partial charge >= 0.3 is 0 Å². The molecule has 108 valence electrons. The topological polar surface area (TPSA) is 32.6 Å². The molecule has 0 aliphatic carbocycles. The van der Waals surface area contributed by atoms with Crippen LogP contribution in [0.2, 0.25) is 0 Å². The highest BCUT2D eigenvalue weighted by atomic mass is 79.9. The third kappa shape index (κ3) is 2.62. The van der Waals surface area contributed by atoms with Crippen LogP contribution in [0, 0.1) is 6.92 Å². The largest absolute Gasteiger partial charge is 0.311 e. The molecular weight excluding hydrogens is 316 g/mol. The van der Waals surface area contributed by atoms with Gasteiger partial charge in [0, 0.05) is 42.4 Å². The lowest BCUT2D eigenvalue weighted by atomic mass is 10.1. The standard InChI is InChI=1S/C15H21BrN4/c1-10-4-13(16)8-20-14(6-18-15(10)20)9-19-7-11(2)17-5-12(19)3/h4,6,8,11-12,17H,5,7,9H2,1-3H3. The molecule has 0 bridgehead atoms. The van der Waals surface area contributed by atoms with Crippen LogP contribution in [-0.4, -0.2) is 39.5 Å². The summed E-state index contributed by atoms with van der Waals surface area (Å²) in [6, 6.07) is 3.23. The Morgan fingerprint density at radius 1 is 1.45 bits per heavy atom. The van der Waals surface area contributed by atoms with E-state index in [9.17, 15) is 0 Å². The minimum atomic E-state index is 0.554. The van der Waals surface area contributed by atoms with Gasteiger partial charge in [-0.15, -0.1) is 0 Å². The molecule has 0 radical (unpaired) electrons. The fraction of sp³-hybridized carbons (Fsp3) is 0.533. The van der Waals surface area contributed by atoms with E-state index in [0.717, 1.165) is 29.8 Å². The molecular formula is C15H21BrN4. The number of hydrogen-bond donors (Lipinski definition) is 1. The van der Waals surface area contributed by atoms with Crippen LogP contribution in [0.1, 0.15) is 25.1 Å². The zero-order valence-electron chi connectivity index (χ0n) is 12.2. The van der Waals surface area contributed by atoms with Crippen LogP contribution in [0.25, 0.3) is 5.65 Å². The Bertz CT molecular complexity index is 622. The van der Waals surface area contributed by atoms with Crippen molar-refractivity contribution in [1.82, 2.24) is 19.6 Å². The van der Waals surface area contributed by atoms with E-state index in [2.05, 4.69) is 68.6 Å². The molecule has 5 heteroatoms. The number of piperazine rings is 1. The van der Waals surface area contributed by atoms with Crippen LogP contribution < -0.4 is 5.32 Å². The first kappa shape index (κ1) is 14.0. The van der Waals surface area contributed by atoms with Crippen LogP contribution in [0.3, 0.4) is 0 Å². The van der Waals surface area contributed by atoms with E-state index in [1.54, 1.807) is 0 Å². The second kappa shape index (κ2) is 5.47. The van der Waals surface area contributed by atoms with Gasteiger partial charge in [0.1, 0.15) is 5.65 Å². The summed E-state index contributed by atoms with van der Waals surface area (Å²) in [6.07, 6.45) is 4.12. The maximum absolute atomic E-state index is 4.57. The van der Waals surface area contributed by atoms with E-state index in [0.29, 0.717) is 12.1 Å². The first-order valence-electron chi connectivity index (χ1n) is 7.14. The Morgan fingerprint density at radius 2 is 2.25 bits per heavy atom. The highest BCUT2D eigenvalue weighted by Crippen LogP contribution is 2.20. The van der Waals surface area contributed by atoms with Gasteiger partial charge in [0.05, 0.1) is 11.9 Å². The molecule has 2 aromatic rings. The van der Waals surface area contributed by atoms with Crippen LogP contribution in [0.4, 0.5) is 0 Å². The number of pyridine rings is 1. The Kier molecular flexibility index (Phi) is 3.84. The second-order valence-electron chi connectivity index (χ2n) is 5.87. The first-order valence-corrected chi connectivity index (χ1v) is 7.93. The molecule has 1 fully saturated rings. The van der Waals surface area contributed by atoms with Crippen molar-refractivity contribution in [2.45, 2.75) is 39.4 Å². The predicted octanol–water partition coefficient (Wildman–Crippen LogP) is 2.59. The lowest BCUT2D eigenvalue weighted by molar-refractivity contribution is 0.137. The van der Waals surface area contributed by atoms with Crippen LogP contribution in [0.15, 0.2) is 22.9 Å². The van der Waals surface area contributed by atoms with Gasteiger partial charge in [-0.3, -0.25) is 4.90 Å². The summed E-state index contributed by atoms with van der Waals surface area (Å²) >= 11 is 3.58. The number of aryl methyl sites for hydroxylation is 1. The van der Waals surface area contributed by atoms with E-state index in [-0.39, 0.29) is 0 Å². The van der Waals surface area contributed by atoms with Gasteiger partial charge < -0.3 is 9.72 Å². The fourth-order valence-corrected chi connectivity index (χ4v) is 3.45. The van der Waals surface area contributed by atoms with Crippen molar-refractivity contribution in [1.29, 1.82) is 0 Å². The van der Waals surface area contributed by atoms with E-state index in [1.165, 1.54) is 11.3 Å². The summed E-state index contributed by atoms with van der Waals surface area (Å²) in [5.41, 5.74) is 3.51. The maximum Gasteiger partial charge on any atom is 0.139 e. The summed E-state index contributed by atoms with van der Waals surface area (Å²) in [5.74, 6) is 0. The summed E-state index contributed by atoms with van der Waals surface area (Å²) in [7, 11) is 0. The summed E-state index contributed by atoms with van der Waals surface area (Å²) in [5, 5.41) is 3.53. The summed E-state index contributed by atoms with van der Waals surface area (Å²) < 4.78 is 3.31. The number of rotatable bonds is 2. The molecule has 1 N–H and O–H groups in total. The lowest BCUT2D eigenvalue weighted by Crippen LogP contribution is -2.53. The highest BCUT2D eigenvalue weighted by Gasteiger charge is 2.23. The number of nitrogens with zero attached hydrogens (tertiary/aromatic N) is 3. The molecule has 0 aromatic carbocycles. The normalized spacial score (nSPS) is 24.4. The first-order chi connectivity index (χ1) is 9.54. The van der Waals surface area contributed by atoms with Crippen LogP contribution >= 0.6 is 15.9 Å². The van der Waals surface area contributed by atoms with Gasteiger partial charge in [0.15, 0.2) is 0 Å². The number of nitrogens with one attached hydrogen (secondary N) is 1. The summed E-state index contributed by atoms with van der Waals surface area (Å²) in [4.78, 5) is 7.10. The van der Waals surface area contributed by atoms with Crippen molar-refractivity contribution < 1.29 is 0 Å². The van der Waals surface area contributed by atoms with Crippen molar-refractivity contribution in [3.05, 3.63) is 34.2 Å². The third-order valence-electron chi connectivity index (χ3n) is 4.09. The van der Waals surface area contributed by atoms with Gasteiger partial charge in [-0.1, -0.05) is 0 Å². The molecule has 2 atom stereocenters. The fourth-order valence-electron chi connectivity index (χ4n) is 2.91. The van der Waals surface area contributed by atoms with Gasteiger partial charge in [-0.25, -0.2) is 4.98 Å². The van der Waals surface area contributed by atoms with Crippen molar-refractivity contribution in [3.8, 4) is 0 Å². The van der Waals surface area contributed by atoms with Crippen molar-refractivity contribution in [3.63, 3.8) is 0 Å². The Labute approximate surface area is 128 Å². The van der Waals surface area contributed by atoms with E-state index in [4.69, 9.17) is 0 Å². The molecule has 0 amide bonds. The average Bonchev–Trinajstić information content (AvgIpc) is 2.77. The molecule has 3 rings (SSSR count). The van der Waals surface area contributed by atoms with Crippen molar-refractivity contribution in [2.24, 2.45) is 0 Å². The highest BCUT2D eigenvalue weighted by molar-refractivity contribution is 9.10. The molecule has 4 nitrogen and oxygen atoms in total. The molecule has 1 aliphatic rings. The van der Waals surface area contributed by atoms with Crippen LogP contribution in [-0.2, 0) is 6.54 Å². The van der Waals surface area contributed by atoms with E-state index in [1.807, 2.05) is 6.20 Å². The molecule has 3 heterocycles. The molecule has 1 saturated heterocycles. The van der Waals surface area contributed by atoms with Crippen LogP contribution in [0.5, 0.6) is 0 Å². The van der Waals surface area contributed by atoms with Gasteiger partial charge in [0.2, 0.25) is 0 Å². The zero-order chi connectivity index (χ0) is 14.3. The SMILES string of the molecule is Cc1cc(Br)cn2c(CN3CC(C)NCC3C)cnc12. The van der Waals surface area contributed by atoms with Gasteiger partial charge in [0.25, 0.3) is 0 Å². The Morgan fingerprint density at radius 3 is 3.05 bits per heavy atom. The second-order valence-corrected chi connectivity index (χ2v) is 6.79. The van der Waals surface area contributed by atoms with Crippen molar-refractivity contribution in [2.75, 3.05) is 13.1 Å². The zero-order valence-corrected chi connectivity index (χ0v) is 13.8. The smallest absolute Gasteiger partial charge is 0.139 e. The minimum absolute atomic E-state index is 0.554. The lowest BCUT2D eigenvalue weighted by Gasteiger charge is -2.37. The molecule has 2 aromatic heterocycles. The average molecular weight is 337 g/mol.